The molecule has 0 aromatic heterocycles. The molecule has 0 spiro atoms. The van der Waals surface area contributed by atoms with Crippen molar-refractivity contribution in [3.8, 4) is 0 Å². The minimum atomic E-state index is -0.170. The summed E-state index contributed by atoms with van der Waals surface area (Å²) in [7, 11) is 0. The summed E-state index contributed by atoms with van der Waals surface area (Å²) in [5, 5.41) is 0. The van der Waals surface area contributed by atoms with Gasteiger partial charge in [-0.15, -0.1) is 0 Å². The molecule has 0 heterocycles. The number of hydrogen-bond donors (Lipinski definition) is 1. The van der Waals surface area contributed by atoms with Crippen molar-refractivity contribution in [2.24, 2.45) is 11.7 Å². The van der Waals surface area contributed by atoms with Gasteiger partial charge in [-0.2, -0.15) is 0 Å². The van der Waals surface area contributed by atoms with Crippen molar-refractivity contribution in [1.82, 2.24) is 0 Å². The molecule has 60 valence electrons. The lowest BCUT2D eigenvalue weighted by atomic mass is 10.0. The predicted molar refractivity (Wildman–Crippen MR) is 42.5 cm³/mol. The van der Waals surface area contributed by atoms with Crippen LogP contribution in [0.3, 0.4) is 0 Å². The molecule has 0 aliphatic carbocycles. The van der Waals surface area contributed by atoms with E-state index in [9.17, 15) is 4.79 Å². The maximum atomic E-state index is 10.5. The van der Waals surface area contributed by atoms with Crippen LogP contribution in [0, 0.1) is 5.92 Å². The second-order valence-corrected chi connectivity index (χ2v) is 2.80. The average Bonchev–Trinajstić information content (AvgIpc) is 1.88. The van der Waals surface area contributed by atoms with E-state index in [0.29, 0.717) is 0 Å². The van der Waals surface area contributed by atoms with Gasteiger partial charge in [-0.05, 0) is 6.42 Å². The molecular formula is C8H17NO. The molecule has 0 aromatic rings. The number of carbonyl (C=O) groups is 1. The first-order valence-electron chi connectivity index (χ1n) is 3.97. The number of primary amides is 1. The Morgan fingerprint density at radius 2 is 2.10 bits per heavy atom. The maximum Gasteiger partial charge on any atom is 0.220 e. The van der Waals surface area contributed by atoms with Gasteiger partial charge in [0.2, 0.25) is 5.91 Å². The second-order valence-electron chi connectivity index (χ2n) is 2.80. The summed E-state index contributed by atoms with van der Waals surface area (Å²) in [5.41, 5.74) is 5.08. The zero-order valence-electron chi connectivity index (χ0n) is 6.89. The highest BCUT2D eigenvalue weighted by atomic mass is 16.1. The van der Waals surface area contributed by atoms with Gasteiger partial charge in [0.15, 0.2) is 0 Å². The second kappa shape index (κ2) is 5.27. The molecule has 2 nitrogen and oxygen atoms in total. The van der Waals surface area contributed by atoms with Crippen LogP contribution in [-0.4, -0.2) is 5.91 Å². The van der Waals surface area contributed by atoms with E-state index in [1.807, 2.05) is 6.92 Å². The zero-order valence-corrected chi connectivity index (χ0v) is 6.89. The van der Waals surface area contributed by atoms with E-state index < -0.39 is 0 Å². The Kier molecular flexibility index (Phi) is 4.99. The molecule has 0 aliphatic rings. The Morgan fingerprint density at radius 1 is 1.50 bits per heavy atom. The molecule has 0 radical (unpaired) electrons. The Balaban J connectivity index is 3.21. The van der Waals surface area contributed by atoms with Crippen LogP contribution in [0.4, 0.5) is 0 Å². The fraction of sp³-hybridized carbons (Fsp3) is 0.875. The highest BCUT2D eigenvalue weighted by Gasteiger charge is 2.06. The third-order valence-electron chi connectivity index (χ3n) is 1.73. The van der Waals surface area contributed by atoms with Crippen LogP contribution in [0.1, 0.15) is 39.5 Å². The first-order valence-corrected chi connectivity index (χ1v) is 3.97. The van der Waals surface area contributed by atoms with Crippen molar-refractivity contribution < 1.29 is 4.79 Å². The number of amides is 1. The number of carbonyl (C=O) groups excluding carboxylic acids is 1. The van der Waals surface area contributed by atoms with Gasteiger partial charge in [0.05, 0.1) is 0 Å². The molecule has 2 N–H and O–H groups in total. The van der Waals surface area contributed by atoms with E-state index in [-0.39, 0.29) is 11.8 Å². The van der Waals surface area contributed by atoms with Crippen molar-refractivity contribution in [2.45, 2.75) is 39.5 Å². The molecule has 0 saturated carbocycles. The van der Waals surface area contributed by atoms with Crippen LogP contribution in [0.15, 0.2) is 0 Å². The molecule has 1 amide bonds. The number of hydrogen-bond acceptors (Lipinski definition) is 1. The van der Waals surface area contributed by atoms with E-state index in [0.717, 1.165) is 12.8 Å². The summed E-state index contributed by atoms with van der Waals surface area (Å²) < 4.78 is 0. The van der Waals surface area contributed by atoms with Gasteiger partial charge in [0.1, 0.15) is 0 Å². The van der Waals surface area contributed by atoms with Crippen molar-refractivity contribution in [3.63, 3.8) is 0 Å². The molecule has 0 aromatic carbocycles. The van der Waals surface area contributed by atoms with Gasteiger partial charge in [-0.3, -0.25) is 4.79 Å². The zero-order chi connectivity index (χ0) is 7.98. The fourth-order valence-electron chi connectivity index (χ4n) is 0.843. The largest absolute Gasteiger partial charge is 0.369 e. The Morgan fingerprint density at radius 3 is 2.50 bits per heavy atom. The summed E-state index contributed by atoms with van der Waals surface area (Å²) in [6, 6.07) is 0. The first-order chi connectivity index (χ1) is 4.68. The van der Waals surface area contributed by atoms with Crippen molar-refractivity contribution in [3.05, 3.63) is 0 Å². The van der Waals surface area contributed by atoms with Crippen LogP contribution in [0.25, 0.3) is 0 Å². The Bertz CT molecular complexity index is 101. The Hall–Kier alpha value is -0.530. The lowest BCUT2D eigenvalue weighted by molar-refractivity contribution is -0.121. The van der Waals surface area contributed by atoms with E-state index in [1.54, 1.807) is 0 Å². The average molecular weight is 143 g/mol. The summed E-state index contributed by atoms with van der Waals surface area (Å²) in [4.78, 5) is 10.5. The van der Waals surface area contributed by atoms with Gasteiger partial charge in [-0.25, -0.2) is 0 Å². The fourth-order valence-corrected chi connectivity index (χ4v) is 0.843. The monoisotopic (exact) mass is 143 g/mol. The maximum absolute atomic E-state index is 10.5. The minimum Gasteiger partial charge on any atom is -0.369 e. The normalized spacial score (nSPS) is 13.0. The molecule has 0 bridgehead atoms. The smallest absolute Gasteiger partial charge is 0.220 e. The highest BCUT2D eigenvalue weighted by Crippen LogP contribution is 2.07. The molecule has 0 unspecified atom stereocenters. The SMILES string of the molecule is CCCCC[C@H](C)C(N)=O. The third kappa shape index (κ3) is 4.36. The minimum absolute atomic E-state index is 0.0616. The number of nitrogens with two attached hydrogens (primary N) is 1. The molecule has 1 atom stereocenters. The molecule has 0 rings (SSSR count). The van der Waals surface area contributed by atoms with Gasteiger partial charge in [0, 0.05) is 5.92 Å². The van der Waals surface area contributed by atoms with Gasteiger partial charge in [0.25, 0.3) is 0 Å². The van der Waals surface area contributed by atoms with E-state index in [2.05, 4.69) is 6.92 Å². The van der Waals surface area contributed by atoms with Gasteiger partial charge >= 0.3 is 0 Å². The van der Waals surface area contributed by atoms with Crippen molar-refractivity contribution in [2.75, 3.05) is 0 Å². The van der Waals surface area contributed by atoms with Gasteiger partial charge < -0.3 is 5.73 Å². The quantitative estimate of drug-likeness (QED) is 0.585. The van der Waals surface area contributed by atoms with E-state index >= 15 is 0 Å². The summed E-state index contributed by atoms with van der Waals surface area (Å²) >= 11 is 0. The first kappa shape index (κ1) is 9.47. The Labute approximate surface area is 62.8 Å². The highest BCUT2D eigenvalue weighted by molar-refractivity contribution is 5.76. The number of unbranched alkanes of at least 4 members (excludes halogenated alkanes) is 2. The molecular weight excluding hydrogens is 126 g/mol. The molecule has 2 heteroatoms. The van der Waals surface area contributed by atoms with Crippen molar-refractivity contribution in [1.29, 1.82) is 0 Å². The summed E-state index contributed by atoms with van der Waals surface area (Å²) in [6.45, 7) is 4.03. The molecule has 0 fully saturated rings. The lowest BCUT2D eigenvalue weighted by Crippen LogP contribution is -2.20. The lowest BCUT2D eigenvalue weighted by Gasteiger charge is -2.04. The standard InChI is InChI=1S/C8H17NO/c1-3-4-5-6-7(2)8(9)10/h7H,3-6H2,1-2H3,(H2,9,10)/t7-/m0/s1. The van der Waals surface area contributed by atoms with Crippen LogP contribution in [-0.2, 0) is 4.79 Å². The van der Waals surface area contributed by atoms with Gasteiger partial charge in [-0.1, -0.05) is 33.1 Å². The number of rotatable bonds is 5. The van der Waals surface area contributed by atoms with Crippen LogP contribution >= 0.6 is 0 Å². The van der Waals surface area contributed by atoms with E-state index in [1.165, 1.54) is 12.8 Å². The summed E-state index contributed by atoms with van der Waals surface area (Å²) in [5.74, 6) is -0.109. The van der Waals surface area contributed by atoms with Crippen LogP contribution in [0.2, 0.25) is 0 Å². The topological polar surface area (TPSA) is 43.1 Å². The van der Waals surface area contributed by atoms with Crippen molar-refractivity contribution >= 4 is 5.91 Å². The predicted octanol–water partition coefficient (Wildman–Crippen LogP) is 1.69. The van der Waals surface area contributed by atoms with E-state index in [4.69, 9.17) is 5.73 Å². The molecule has 0 saturated heterocycles. The van der Waals surface area contributed by atoms with Crippen LogP contribution in [0.5, 0.6) is 0 Å². The molecule has 10 heavy (non-hydrogen) atoms. The third-order valence-corrected chi connectivity index (χ3v) is 1.73. The van der Waals surface area contributed by atoms with Crippen LogP contribution < -0.4 is 5.73 Å². The summed E-state index contributed by atoms with van der Waals surface area (Å²) in [6.07, 6.45) is 4.48. The molecule has 0 aliphatic heterocycles.